The Balaban J connectivity index is 2.08. The van der Waals surface area contributed by atoms with Gasteiger partial charge in [-0.15, -0.1) is 0 Å². The van der Waals surface area contributed by atoms with E-state index in [4.69, 9.17) is 9.47 Å². The van der Waals surface area contributed by atoms with Gasteiger partial charge in [0.05, 0.1) is 36.5 Å². The minimum absolute atomic E-state index is 0.552. The predicted molar refractivity (Wildman–Crippen MR) is 166 cm³/mol. The molecule has 0 saturated heterocycles. The molecular weight excluding hydrogens is 492 g/mol. The van der Waals surface area contributed by atoms with Crippen molar-refractivity contribution in [3.8, 4) is 23.6 Å². The molecule has 0 bridgehead atoms. The second kappa shape index (κ2) is 17.3. The molecule has 206 valence electrons. The van der Waals surface area contributed by atoms with Gasteiger partial charge in [-0.2, -0.15) is 10.5 Å². The molecule has 0 N–H and O–H groups in total. The van der Waals surface area contributed by atoms with Crippen molar-refractivity contribution < 1.29 is 9.47 Å². The molecule has 0 amide bonds. The van der Waals surface area contributed by atoms with Crippen LogP contribution in [0, 0.1) is 22.7 Å². The molecule has 4 nitrogen and oxygen atoms in total. The summed E-state index contributed by atoms with van der Waals surface area (Å²) < 4.78 is 12.6. The number of hydrogen-bond donors (Lipinski definition) is 0. The van der Waals surface area contributed by atoms with Crippen LogP contribution in [0.4, 0.5) is 0 Å². The lowest BCUT2D eigenvalue weighted by molar-refractivity contribution is 0.296. The highest BCUT2D eigenvalue weighted by atomic mass is 16.5. The van der Waals surface area contributed by atoms with Crippen molar-refractivity contribution in [3.05, 3.63) is 95.1 Å². The Morgan fingerprint density at radius 2 is 1.00 bits per heavy atom. The summed E-state index contributed by atoms with van der Waals surface area (Å²) in [5, 5.41) is 20.0. The number of nitrogens with zero attached hydrogens (tertiary/aromatic N) is 2. The van der Waals surface area contributed by atoms with E-state index in [1.165, 1.54) is 12.8 Å². The Kier molecular flexibility index (Phi) is 13.1. The number of unbranched alkanes of at least 4 members (excludes halogenated alkanes) is 6. The van der Waals surface area contributed by atoms with Crippen LogP contribution < -0.4 is 9.47 Å². The summed E-state index contributed by atoms with van der Waals surface area (Å²) in [6.45, 7) is 5.54. The first-order valence-electron chi connectivity index (χ1n) is 14.5. The monoisotopic (exact) mass is 532 g/mol. The van der Waals surface area contributed by atoms with Crippen molar-refractivity contribution in [2.75, 3.05) is 13.2 Å². The SMILES string of the molecule is CCCCCCOc1cc(/C=C(\C#N)c2ccccc2)c(OCCCCCC)cc1/C=C(\C#N)c1ccccc1. The van der Waals surface area contributed by atoms with Crippen molar-refractivity contribution in [2.24, 2.45) is 0 Å². The van der Waals surface area contributed by atoms with Crippen LogP contribution in [-0.4, -0.2) is 13.2 Å². The molecule has 0 aliphatic heterocycles. The average molecular weight is 533 g/mol. The van der Waals surface area contributed by atoms with Gasteiger partial charge in [-0.1, -0.05) is 113 Å². The minimum Gasteiger partial charge on any atom is -0.493 e. The molecule has 0 aliphatic carbocycles. The van der Waals surface area contributed by atoms with Crippen molar-refractivity contribution in [3.63, 3.8) is 0 Å². The molecule has 0 aromatic heterocycles. The molecule has 3 aromatic rings. The molecule has 3 rings (SSSR count). The van der Waals surface area contributed by atoms with E-state index in [-0.39, 0.29) is 0 Å². The van der Waals surface area contributed by atoms with E-state index in [2.05, 4.69) is 26.0 Å². The molecular formula is C36H40N2O2. The first-order chi connectivity index (χ1) is 19.7. The van der Waals surface area contributed by atoms with Gasteiger partial charge in [-0.05, 0) is 48.3 Å². The van der Waals surface area contributed by atoms with Crippen molar-refractivity contribution >= 4 is 23.3 Å². The van der Waals surface area contributed by atoms with Crippen LogP contribution in [0.3, 0.4) is 0 Å². The van der Waals surface area contributed by atoms with E-state index < -0.39 is 0 Å². The van der Waals surface area contributed by atoms with Gasteiger partial charge in [0.25, 0.3) is 0 Å². The molecule has 40 heavy (non-hydrogen) atoms. The molecule has 0 unspecified atom stereocenters. The van der Waals surface area contributed by atoms with Crippen LogP contribution in [0.25, 0.3) is 23.3 Å². The first kappa shape index (κ1) is 30.3. The van der Waals surface area contributed by atoms with Crippen LogP contribution in [-0.2, 0) is 0 Å². The number of allylic oxidation sites excluding steroid dienone is 2. The topological polar surface area (TPSA) is 66.0 Å². The highest BCUT2D eigenvalue weighted by Gasteiger charge is 2.14. The fourth-order valence-corrected chi connectivity index (χ4v) is 4.40. The van der Waals surface area contributed by atoms with E-state index in [0.717, 1.165) is 60.8 Å². The summed E-state index contributed by atoms with van der Waals surface area (Å²) >= 11 is 0. The van der Waals surface area contributed by atoms with Crippen LogP contribution >= 0.6 is 0 Å². The van der Waals surface area contributed by atoms with E-state index in [0.29, 0.717) is 35.9 Å². The van der Waals surface area contributed by atoms with Gasteiger partial charge in [-0.3, -0.25) is 0 Å². The normalized spacial score (nSPS) is 11.5. The number of benzene rings is 3. The van der Waals surface area contributed by atoms with Gasteiger partial charge >= 0.3 is 0 Å². The van der Waals surface area contributed by atoms with Crippen LogP contribution in [0.15, 0.2) is 72.8 Å². The van der Waals surface area contributed by atoms with Gasteiger partial charge < -0.3 is 9.47 Å². The lowest BCUT2D eigenvalue weighted by Crippen LogP contribution is -2.03. The molecule has 3 aromatic carbocycles. The summed E-state index contributed by atoms with van der Waals surface area (Å²) in [5.41, 5.74) is 4.37. The van der Waals surface area contributed by atoms with Crippen LogP contribution in [0.1, 0.15) is 87.5 Å². The molecule has 0 atom stereocenters. The predicted octanol–water partition coefficient (Wildman–Crippen LogP) is 9.73. The number of nitriles is 2. The van der Waals surface area contributed by atoms with Gasteiger partial charge in [0, 0.05) is 11.1 Å². The third-order valence-corrected chi connectivity index (χ3v) is 6.66. The smallest absolute Gasteiger partial charge is 0.127 e. The Bertz CT molecular complexity index is 1220. The summed E-state index contributed by atoms with van der Waals surface area (Å²) in [4.78, 5) is 0. The van der Waals surface area contributed by atoms with Gasteiger partial charge in [0.2, 0.25) is 0 Å². The standard InChI is InChI=1S/C36H40N2O2/c1-3-5-7-15-21-39-35-25-32(24-34(28-38)30-19-13-10-14-20-30)36(40-22-16-8-6-4-2)26-31(35)23-33(27-37)29-17-11-9-12-18-29/h9-14,17-20,23-26H,3-8,15-16,21-22H2,1-2H3/b33-23+,34-24+. The van der Waals surface area contributed by atoms with Crippen molar-refractivity contribution in [1.29, 1.82) is 10.5 Å². The molecule has 0 radical (unpaired) electrons. The minimum atomic E-state index is 0.552. The summed E-state index contributed by atoms with van der Waals surface area (Å²) in [6.07, 6.45) is 12.5. The fraction of sp³-hybridized carbons (Fsp3) is 0.333. The van der Waals surface area contributed by atoms with Gasteiger partial charge in [-0.25, -0.2) is 0 Å². The maximum Gasteiger partial charge on any atom is 0.127 e. The second-order valence-corrected chi connectivity index (χ2v) is 9.82. The van der Waals surface area contributed by atoms with Gasteiger partial charge in [0.1, 0.15) is 11.5 Å². The quantitative estimate of drug-likeness (QED) is 0.105. The van der Waals surface area contributed by atoms with E-state index in [9.17, 15) is 10.5 Å². The molecule has 0 saturated carbocycles. The van der Waals surface area contributed by atoms with E-state index in [1.807, 2.05) is 84.9 Å². The molecule has 0 aliphatic rings. The average Bonchev–Trinajstić information content (AvgIpc) is 3.00. The van der Waals surface area contributed by atoms with Crippen LogP contribution in [0.5, 0.6) is 11.5 Å². The van der Waals surface area contributed by atoms with Gasteiger partial charge in [0.15, 0.2) is 0 Å². The Morgan fingerprint density at radius 3 is 1.35 bits per heavy atom. The Hall–Kier alpha value is -4.28. The molecule has 0 fully saturated rings. The summed E-state index contributed by atoms with van der Waals surface area (Å²) in [6, 6.07) is 27.9. The highest BCUT2D eigenvalue weighted by Crippen LogP contribution is 2.35. The molecule has 4 heteroatoms. The number of ether oxygens (including phenoxy) is 2. The fourth-order valence-electron chi connectivity index (χ4n) is 4.40. The zero-order valence-electron chi connectivity index (χ0n) is 23.9. The zero-order valence-corrected chi connectivity index (χ0v) is 23.9. The van der Waals surface area contributed by atoms with E-state index >= 15 is 0 Å². The van der Waals surface area contributed by atoms with Crippen molar-refractivity contribution in [1.82, 2.24) is 0 Å². The largest absolute Gasteiger partial charge is 0.493 e. The highest BCUT2D eigenvalue weighted by molar-refractivity contribution is 5.93. The summed E-state index contributed by atoms with van der Waals surface area (Å²) in [5.74, 6) is 1.35. The number of hydrogen-bond acceptors (Lipinski definition) is 4. The third kappa shape index (κ3) is 9.48. The Labute approximate surface area is 240 Å². The Morgan fingerprint density at radius 1 is 0.600 bits per heavy atom. The zero-order chi connectivity index (χ0) is 28.4. The van der Waals surface area contributed by atoms with Crippen molar-refractivity contribution in [2.45, 2.75) is 65.2 Å². The molecule has 0 spiro atoms. The third-order valence-electron chi connectivity index (χ3n) is 6.66. The lowest BCUT2D eigenvalue weighted by atomic mass is 9.99. The molecule has 0 heterocycles. The van der Waals surface area contributed by atoms with Crippen LogP contribution in [0.2, 0.25) is 0 Å². The maximum atomic E-state index is 9.99. The maximum absolute atomic E-state index is 9.99. The summed E-state index contributed by atoms with van der Waals surface area (Å²) in [7, 11) is 0. The second-order valence-electron chi connectivity index (χ2n) is 9.82. The lowest BCUT2D eigenvalue weighted by Gasteiger charge is -2.16. The van der Waals surface area contributed by atoms with E-state index in [1.54, 1.807) is 0 Å². The number of rotatable bonds is 16. The first-order valence-corrected chi connectivity index (χ1v) is 14.5.